The molecule has 0 amide bonds. The molecule has 2 atom stereocenters. The molecule has 2 unspecified atom stereocenters. The Bertz CT molecular complexity index is 1140. The minimum absolute atomic E-state index is 0.157. The van der Waals surface area contributed by atoms with Crippen molar-refractivity contribution >= 4 is 10.8 Å². The summed E-state index contributed by atoms with van der Waals surface area (Å²) >= 11 is 0. The number of benzene rings is 4. The van der Waals surface area contributed by atoms with Gasteiger partial charge in [-0.1, -0.05) is 91.9 Å². The predicted octanol–water partition coefficient (Wildman–Crippen LogP) is 5.63. The van der Waals surface area contributed by atoms with Crippen LogP contribution in [0.15, 0.2) is 91.0 Å². The van der Waals surface area contributed by atoms with Gasteiger partial charge in [0, 0.05) is 10.8 Å². The SMILES string of the molecule is CCc1cc(OCC(O)c2ccccc2)c2ccccc2c1OCC(O)c1ccccc1. The monoisotopic (exact) mass is 428 g/mol. The maximum atomic E-state index is 10.5. The lowest BCUT2D eigenvalue weighted by atomic mass is 10.0. The van der Waals surface area contributed by atoms with Crippen LogP contribution in [0, 0.1) is 0 Å². The van der Waals surface area contributed by atoms with Gasteiger partial charge in [-0.25, -0.2) is 0 Å². The number of hydrogen-bond donors (Lipinski definition) is 2. The van der Waals surface area contributed by atoms with E-state index in [0.717, 1.165) is 39.6 Å². The average Bonchev–Trinajstić information content (AvgIpc) is 2.86. The Labute approximate surface area is 188 Å². The molecule has 2 N–H and O–H groups in total. The molecule has 0 heterocycles. The lowest BCUT2D eigenvalue weighted by molar-refractivity contribution is 0.107. The van der Waals surface area contributed by atoms with Crippen LogP contribution < -0.4 is 9.47 Å². The van der Waals surface area contributed by atoms with Gasteiger partial charge in [-0.15, -0.1) is 0 Å². The van der Waals surface area contributed by atoms with Gasteiger partial charge in [0.25, 0.3) is 0 Å². The molecule has 0 saturated heterocycles. The van der Waals surface area contributed by atoms with E-state index in [1.165, 1.54) is 0 Å². The fourth-order valence-corrected chi connectivity index (χ4v) is 3.80. The summed E-state index contributed by atoms with van der Waals surface area (Å²) < 4.78 is 12.2. The number of aliphatic hydroxyl groups excluding tert-OH is 2. The number of aryl methyl sites for hydroxylation is 1. The van der Waals surface area contributed by atoms with Crippen LogP contribution in [0.1, 0.15) is 35.8 Å². The third kappa shape index (κ3) is 4.93. The summed E-state index contributed by atoms with van der Waals surface area (Å²) in [5.41, 5.74) is 2.64. The van der Waals surface area contributed by atoms with Crippen LogP contribution >= 0.6 is 0 Å². The quantitative estimate of drug-likeness (QED) is 0.363. The highest BCUT2D eigenvalue weighted by Crippen LogP contribution is 2.38. The van der Waals surface area contributed by atoms with Gasteiger partial charge >= 0.3 is 0 Å². The molecule has 4 aromatic carbocycles. The second-order valence-corrected chi connectivity index (χ2v) is 7.74. The minimum Gasteiger partial charge on any atom is -0.490 e. The summed E-state index contributed by atoms with van der Waals surface area (Å²) in [6.45, 7) is 2.38. The van der Waals surface area contributed by atoms with E-state index >= 15 is 0 Å². The molecule has 0 bridgehead atoms. The molecular formula is C28H28O4. The van der Waals surface area contributed by atoms with Crippen molar-refractivity contribution in [3.63, 3.8) is 0 Å². The zero-order valence-electron chi connectivity index (χ0n) is 18.1. The molecule has 32 heavy (non-hydrogen) atoms. The first-order valence-electron chi connectivity index (χ1n) is 10.9. The zero-order chi connectivity index (χ0) is 22.3. The third-order valence-corrected chi connectivity index (χ3v) is 5.57. The van der Waals surface area contributed by atoms with Crippen LogP contribution in [0.2, 0.25) is 0 Å². The lowest BCUT2D eigenvalue weighted by Crippen LogP contribution is -2.12. The van der Waals surface area contributed by atoms with Gasteiger partial charge < -0.3 is 19.7 Å². The van der Waals surface area contributed by atoms with Gasteiger partial charge in [0.1, 0.15) is 36.9 Å². The van der Waals surface area contributed by atoms with Crippen LogP contribution in [-0.4, -0.2) is 23.4 Å². The van der Waals surface area contributed by atoms with Gasteiger partial charge in [-0.3, -0.25) is 0 Å². The van der Waals surface area contributed by atoms with Gasteiger partial charge in [-0.2, -0.15) is 0 Å². The van der Waals surface area contributed by atoms with E-state index in [9.17, 15) is 10.2 Å². The Morgan fingerprint density at radius 1 is 0.656 bits per heavy atom. The van der Waals surface area contributed by atoms with Crippen LogP contribution in [0.3, 0.4) is 0 Å². The zero-order valence-corrected chi connectivity index (χ0v) is 18.1. The molecule has 4 rings (SSSR count). The smallest absolute Gasteiger partial charge is 0.130 e. The molecule has 0 aliphatic carbocycles. The van der Waals surface area contributed by atoms with E-state index in [1.54, 1.807) is 0 Å². The molecular weight excluding hydrogens is 400 g/mol. The van der Waals surface area contributed by atoms with Gasteiger partial charge in [0.2, 0.25) is 0 Å². The molecule has 4 aromatic rings. The molecule has 0 fully saturated rings. The first kappa shape index (κ1) is 21.9. The summed E-state index contributed by atoms with van der Waals surface area (Å²) in [7, 11) is 0. The summed E-state index contributed by atoms with van der Waals surface area (Å²) in [6.07, 6.45) is -0.673. The summed E-state index contributed by atoms with van der Waals surface area (Å²) in [5.74, 6) is 1.47. The van der Waals surface area contributed by atoms with Crippen LogP contribution in [0.5, 0.6) is 11.5 Å². The van der Waals surface area contributed by atoms with E-state index in [4.69, 9.17) is 9.47 Å². The first-order valence-corrected chi connectivity index (χ1v) is 10.9. The van der Waals surface area contributed by atoms with Gasteiger partial charge in [0.05, 0.1) is 0 Å². The van der Waals surface area contributed by atoms with Crippen molar-refractivity contribution in [2.24, 2.45) is 0 Å². The van der Waals surface area contributed by atoms with Crippen molar-refractivity contribution in [3.05, 3.63) is 108 Å². The van der Waals surface area contributed by atoms with Gasteiger partial charge in [-0.05, 0) is 29.2 Å². The lowest BCUT2D eigenvalue weighted by Gasteiger charge is -2.20. The summed E-state index contributed by atoms with van der Waals surface area (Å²) in [5, 5.41) is 22.9. The number of aliphatic hydroxyl groups is 2. The highest BCUT2D eigenvalue weighted by molar-refractivity contribution is 5.94. The van der Waals surface area contributed by atoms with Crippen molar-refractivity contribution in [1.29, 1.82) is 0 Å². The van der Waals surface area contributed by atoms with E-state index in [0.29, 0.717) is 5.75 Å². The Balaban J connectivity index is 1.58. The fraction of sp³-hybridized carbons (Fsp3) is 0.214. The number of ether oxygens (including phenoxy) is 2. The van der Waals surface area contributed by atoms with E-state index in [1.807, 2.05) is 91.0 Å². The molecule has 164 valence electrons. The molecule has 4 heteroatoms. The Morgan fingerprint density at radius 2 is 1.16 bits per heavy atom. The third-order valence-electron chi connectivity index (χ3n) is 5.57. The maximum Gasteiger partial charge on any atom is 0.130 e. The maximum absolute atomic E-state index is 10.5. The van der Waals surface area contributed by atoms with Crippen molar-refractivity contribution in [2.75, 3.05) is 13.2 Å². The molecule has 0 spiro atoms. The van der Waals surface area contributed by atoms with Gasteiger partial charge in [0.15, 0.2) is 0 Å². The number of rotatable bonds is 9. The van der Waals surface area contributed by atoms with Crippen molar-refractivity contribution in [2.45, 2.75) is 25.6 Å². The van der Waals surface area contributed by atoms with E-state index < -0.39 is 12.2 Å². The van der Waals surface area contributed by atoms with Crippen molar-refractivity contribution in [3.8, 4) is 11.5 Å². The van der Waals surface area contributed by atoms with Crippen LogP contribution in [0.4, 0.5) is 0 Å². The van der Waals surface area contributed by atoms with E-state index in [2.05, 4.69) is 6.92 Å². The molecule has 0 aromatic heterocycles. The average molecular weight is 429 g/mol. The Kier molecular flexibility index (Phi) is 7.05. The second-order valence-electron chi connectivity index (χ2n) is 7.74. The predicted molar refractivity (Wildman–Crippen MR) is 127 cm³/mol. The number of hydrogen-bond acceptors (Lipinski definition) is 4. The molecule has 0 saturated carbocycles. The fourth-order valence-electron chi connectivity index (χ4n) is 3.80. The largest absolute Gasteiger partial charge is 0.490 e. The Hall–Kier alpha value is -3.34. The highest BCUT2D eigenvalue weighted by Gasteiger charge is 2.17. The first-order chi connectivity index (χ1) is 15.7. The number of fused-ring (bicyclic) bond motifs is 1. The highest BCUT2D eigenvalue weighted by atomic mass is 16.5. The summed E-state index contributed by atoms with van der Waals surface area (Å²) in [6, 6.07) is 28.9. The molecule has 0 radical (unpaired) electrons. The van der Waals surface area contributed by atoms with Crippen LogP contribution in [0.25, 0.3) is 10.8 Å². The topological polar surface area (TPSA) is 58.9 Å². The van der Waals surface area contributed by atoms with Crippen LogP contribution in [-0.2, 0) is 6.42 Å². The standard InChI is InChI=1S/C28H28O4/c1-2-20-17-27(31-18-25(29)21-11-5-3-6-12-21)23-15-9-10-16-24(23)28(20)32-19-26(30)22-13-7-4-8-14-22/h3-17,25-26,29-30H,2,18-19H2,1H3. The minimum atomic E-state index is -0.711. The molecule has 4 nitrogen and oxygen atoms in total. The Morgan fingerprint density at radius 3 is 1.72 bits per heavy atom. The van der Waals surface area contributed by atoms with Crippen molar-refractivity contribution < 1.29 is 19.7 Å². The molecule has 0 aliphatic rings. The summed E-state index contributed by atoms with van der Waals surface area (Å²) in [4.78, 5) is 0. The van der Waals surface area contributed by atoms with E-state index in [-0.39, 0.29) is 13.2 Å². The molecule has 0 aliphatic heterocycles. The normalized spacial score (nSPS) is 13.0. The van der Waals surface area contributed by atoms with Crippen molar-refractivity contribution in [1.82, 2.24) is 0 Å². The second kappa shape index (κ2) is 10.3.